The minimum atomic E-state index is -0.960. The molecule has 0 saturated heterocycles. The minimum absolute atomic E-state index is 0.219. The molecule has 0 spiro atoms. The van der Waals surface area contributed by atoms with Crippen LogP contribution in [0.3, 0.4) is 0 Å². The first-order valence-electron chi connectivity index (χ1n) is 6.88. The Morgan fingerprint density at radius 1 is 1.21 bits per heavy atom. The predicted octanol–water partition coefficient (Wildman–Crippen LogP) is 4.44. The van der Waals surface area contributed by atoms with Crippen molar-refractivity contribution in [2.75, 3.05) is 18.0 Å². The monoisotopic (exact) mass is 283 g/mol. The number of hydrogen-bond donors (Lipinski definition) is 1. The maximum Gasteiger partial charge on any atom is 0.339 e. The van der Waals surface area contributed by atoms with E-state index in [0.717, 1.165) is 44.5 Å². The summed E-state index contributed by atoms with van der Waals surface area (Å²) in [6.07, 6.45) is 4.28. The van der Waals surface area contributed by atoms with E-state index in [1.54, 1.807) is 6.07 Å². The third-order valence-corrected chi connectivity index (χ3v) is 3.42. The van der Waals surface area contributed by atoms with Crippen molar-refractivity contribution < 1.29 is 9.90 Å². The number of benzene rings is 1. The highest BCUT2D eigenvalue weighted by atomic mass is 35.5. The normalized spacial score (nSPS) is 10.5. The minimum Gasteiger partial charge on any atom is -0.478 e. The Kier molecular flexibility index (Phi) is 6.71. The molecular weight excluding hydrogens is 262 g/mol. The van der Waals surface area contributed by atoms with Gasteiger partial charge in [-0.25, -0.2) is 4.79 Å². The highest BCUT2D eigenvalue weighted by Gasteiger charge is 2.18. The third kappa shape index (κ3) is 4.43. The first-order chi connectivity index (χ1) is 9.11. The highest BCUT2D eigenvalue weighted by Crippen LogP contribution is 2.28. The number of halogens is 1. The van der Waals surface area contributed by atoms with Crippen LogP contribution in [0.4, 0.5) is 5.69 Å². The largest absolute Gasteiger partial charge is 0.478 e. The van der Waals surface area contributed by atoms with Gasteiger partial charge in [0.1, 0.15) is 5.56 Å². The van der Waals surface area contributed by atoms with Crippen molar-refractivity contribution in [2.45, 2.75) is 39.5 Å². The average molecular weight is 284 g/mol. The van der Waals surface area contributed by atoms with Gasteiger partial charge in [-0.15, -0.1) is 0 Å². The summed E-state index contributed by atoms with van der Waals surface area (Å²) in [7, 11) is 0. The first kappa shape index (κ1) is 15.8. The molecule has 0 amide bonds. The number of rotatable bonds is 8. The van der Waals surface area contributed by atoms with E-state index in [2.05, 4.69) is 18.7 Å². The van der Waals surface area contributed by atoms with Gasteiger partial charge < -0.3 is 10.0 Å². The summed E-state index contributed by atoms with van der Waals surface area (Å²) in [4.78, 5) is 13.5. The van der Waals surface area contributed by atoms with E-state index in [4.69, 9.17) is 11.6 Å². The number of carboxylic acid groups (broad SMARTS) is 1. The standard InChI is InChI=1S/C15H22ClNO2/c1-3-5-10-17(11-6-4-2)13-9-7-8-12(16)14(13)15(18)19/h7-9H,3-6,10-11H2,1-2H3,(H,18,19). The molecule has 0 saturated carbocycles. The molecule has 1 aromatic carbocycles. The molecular formula is C15H22ClNO2. The zero-order valence-corrected chi connectivity index (χ0v) is 12.4. The van der Waals surface area contributed by atoms with Gasteiger partial charge in [-0.05, 0) is 25.0 Å². The van der Waals surface area contributed by atoms with Crippen molar-refractivity contribution in [1.29, 1.82) is 0 Å². The number of anilines is 1. The van der Waals surface area contributed by atoms with E-state index in [1.165, 1.54) is 0 Å². The number of hydrogen-bond acceptors (Lipinski definition) is 2. The highest BCUT2D eigenvalue weighted by molar-refractivity contribution is 6.34. The molecule has 0 aliphatic carbocycles. The van der Waals surface area contributed by atoms with Crippen molar-refractivity contribution in [1.82, 2.24) is 0 Å². The number of unbranched alkanes of at least 4 members (excludes halogenated alkanes) is 2. The van der Waals surface area contributed by atoms with Crippen LogP contribution < -0.4 is 4.90 Å². The SMILES string of the molecule is CCCCN(CCCC)c1cccc(Cl)c1C(=O)O. The van der Waals surface area contributed by atoms with Crippen molar-refractivity contribution in [3.8, 4) is 0 Å². The molecule has 1 rings (SSSR count). The van der Waals surface area contributed by atoms with Gasteiger partial charge in [0, 0.05) is 13.1 Å². The van der Waals surface area contributed by atoms with E-state index in [-0.39, 0.29) is 5.56 Å². The summed E-state index contributed by atoms with van der Waals surface area (Å²) < 4.78 is 0. The van der Waals surface area contributed by atoms with Crippen LogP contribution >= 0.6 is 11.6 Å². The van der Waals surface area contributed by atoms with Gasteiger partial charge in [0.25, 0.3) is 0 Å². The van der Waals surface area contributed by atoms with Gasteiger partial charge >= 0.3 is 5.97 Å². The molecule has 0 aliphatic heterocycles. The zero-order valence-electron chi connectivity index (χ0n) is 11.7. The molecule has 0 aliphatic rings. The van der Waals surface area contributed by atoms with Gasteiger partial charge in [-0.3, -0.25) is 0 Å². The zero-order chi connectivity index (χ0) is 14.3. The molecule has 1 aromatic rings. The quantitative estimate of drug-likeness (QED) is 0.766. The predicted molar refractivity (Wildman–Crippen MR) is 80.4 cm³/mol. The maximum atomic E-state index is 11.4. The lowest BCUT2D eigenvalue weighted by Crippen LogP contribution is -2.27. The molecule has 0 aromatic heterocycles. The van der Waals surface area contributed by atoms with Gasteiger partial charge in [0.15, 0.2) is 0 Å². The van der Waals surface area contributed by atoms with Crippen molar-refractivity contribution in [3.63, 3.8) is 0 Å². The number of nitrogens with zero attached hydrogens (tertiary/aromatic N) is 1. The fraction of sp³-hybridized carbons (Fsp3) is 0.533. The lowest BCUT2D eigenvalue weighted by molar-refractivity contribution is 0.0697. The molecule has 3 nitrogen and oxygen atoms in total. The second kappa shape index (κ2) is 8.05. The molecule has 4 heteroatoms. The van der Waals surface area contributed by atoms with Gasteiger partial charge in [0.2, 0.25) is 0 Å². The third-order valence-electron chi connectivity index (χ3n) is 3.11. The van der Waals surface area contributed by atoms with Gasteiger partial charge in [-0.2, -0.15) is 0 Å². The van der Waals surface area contributed by atoms with Crippen LogP contribution in [-0.2, 0) is 0 Å². The lowest BCUT2D eigenvalue weighted by atomic mass is 10.1. The Hall–Kier alpha value is -1.22. The van der Waals surface area contributed by atoms with Crippen LogP contribution in [0.25, 0.3) is 0 Å². The van der Waals surface area contributed by atoms with Crippen molar-refractivity contribution >= 4 is 23.3 Å². The second-order valence-corrected chi connectivity index (χ2v) is 5.04. The molecule has 0 radical (unpaired) electrons. The van der Waals surface area contributed by atoms with Crippen LogP contribution in [-0.4, -0.2) is 24.2 Å². The summed E-state index contributed by atoms with van der Waals surface area (Å²) >= 11 is 6.03. The van der Waals surface area contributed by atoms with Crippen molar-refractivity contribution in [2.24, 2.45) is 0 Å². The average Bonchev–Trinajstić information content (AvgIpc) is 2.38. The van der Waals surface area contributed by atoms with E-state index in [1.807, 2.05) is 12.1 Å². The van der Waals surface area contributed by atoms with Crippen LogP contribution in [0.1, 0.15) is 49.9 Å². The molecule has 0 fully saturated rings. The summed E-state index contributed by atoms with van der Waals surface area (Å²) in [5, 5.41) is 9.64. The molecule has 0 bridgehead atoms. The van der Waals surface area contributed by atoms with Gasteiger partial charge in [-0.1, -0.05) is 44.4 Å². The van der Waals surface area contributed by atoms with E-state index < -0.39 is 5.97 Å². The summed E-state index contributed by atoms with van der Waals surface area (Å²) in [6.45, 7) is 6.01. The first-order valence-corrected chi connectivity index (χ1v) is 7.26. The smallest absolute Gasteiger partial charge is 0.339 e. The fourth-order valence-electron chi connectivity index (χ4n) is 2.04. The van der Waals surface area contributed by atoms with Crippen LogP contribution in [0.15, 0.2) is 18.2 Å². The number of carboxylic acids is 1. The number of carbonyl (C=O) groups is 1. The molecule has 106 valence electrons. The fourth-order valence-corrected chi connectivity index (χ4v) is 2.29. The van der Waals surface area contributed by atoms with E-state index in [9.17, 15) is 9.90 Å². The Morgan fingerprint density at radius 3 is 2.26 bits per heavy atom. The Balaban J connectivity index is 3.06. The summed E-state index contributed by atoms with van der Waals surface area (Å²) in [6, 6.07) is 5.29. The van der Waals surface area contributed by atoms with Crippen molar-refractivity contribution in [3.05, 3.63) is 28.8 Å². The Bertz CT molecular complexity index is 413. The van der Waals surface area contributed by atoms with E-state index in [0.29, 0.717) is 5.02 Å². The van der Waals surface area contributed by atoms with Crippen LogP contribution in [0, 0.1) is 0 Å². The summed E-state index contributed by atoms with van der Waals surface area (Å²) in [5.74, 6) is -0.960. The Labute approximate surface area is 120 Å². The van der Waals surface area contributed by atoms with Crippen LogP contribution in [0.5, 0.6) is 0 Å². The molecule has 0 atom stereocenters. The van der Waals surface area contributed by atoms with Crippen LogP contribution in [0.2, 0.25) is 5.02 Å². The second-order valence-electron chi connectivity index (χ2n) is 4.63. The van der Waals surface area contributed by atoms with Gasteiger partial charge in [0.05, 0.1) is 10.7 Å². The summed E-state index contributed by atoms with van der Waals surface area (Å²) in [5.41, 5.74) is 0.957. The molecule has 0 heterocycles. The molecule has 0 unspecified atom stereocenters. The Morgan fingerprint density at radius 2 is 1.79 bits per heavy atom. The van der Waals surface area contributed by atoms with E-state index >= 15 is 0 Å². The lowest BCUT2D eigenvalue weighted by Gasteiger charge is -2.26. The maximum absolute atomic E-state index is 11.4. The topological polar surface area (TPSA) is 40.5 Å². The number of aromatic carboxylic acids is 1. The molecule has 1 N–H and O–H groups in total. The molecule has 19 heavy (non-hydrogen) atoms.